The normalized spacial score (nSPS) is 17.4. The van der Waals surface area contributed by atoms with Crippen molar-refractivity contribution >= 4 is 33.4 Å². The van der Waals surface area contributed by atoms with Gasteiger partial charge in [0.25, 0.3) is 0 Å². The summed E-state index contributed by atoms with van der Waals surface area (Å²) < 4.78 is 1.15. The molecular formula is C23H25N3O3S. The fourth-order valence-corrected chi connectivity index (χ4v) is 4.73. The van der Waals surface area contributed by atoms with Crippen molar-refractivity contribution in [3.05, 3.63) is 65.2 Å². The minimum absolute atomic E-state index is 0.0177. The molecule has 0 radical (unpaired) electrons. The quantitative estimate of drug-likeness (QED) is 0.662. The molecular weight excluding hydrogens is 398 g/mol. The summed E-state index contributed by atoms with van der Waals surface area (Å²) in [6.07, 6.45) is 1.01. The van der Waals surface area contributed by atoms with Gasteiger partial charge in [-0.05, 0) is 30.5 Å². The molecule has 0 spiro atoms. The molecule has 3 aromatic rings. The van der Waals surface area contributed by atoms with E-state index in [0.29, 0.717) is 19.4 Å². The molecule has 156 valence electrons. The van der Waals surface area contributed by atoms with E-state index in [4.69, 9.17) is 0 Å². The molecule has 0 bridgehead atoms. The van der Waals surface area contributed by atoms with Crippen molar-refractivity contribution in [1.82, 2.24) is 14.8 Å². The fourth-order valence-electron chi connectivity index (χ4n) is 3.72. The molecule has 1 unspecified atom stereocenters. The molecule has 0 saturated carbocycles. The summed E-state index contributed by atoms with van der Waals surface area (Å²) >= 11 is 1.65. The predicted molar refractivity (Wildman–Crippen MR) is 117 cm³/mol. The molecule has 7 heteroatoms. The lowest BCUT2D eigenvalue weighted by atomic mass is 10.2. The van der Waals surface area contributed by atoms with Gasteiger partial charge in [0.1, 0.15) is 0 Å². The summed E-state index contributed by atoms with van der Waals surface area (Å²) in [5.41, 5.74) is 2.00. The van der Waals surface area contributed by atoms with Gasteiger partial charge in [0.2, 0.25) is 11.8 Å². The monoisotopic (exact) mass is 423 g/mol. The molecule has 1 N–H and O–H groups in total. The summed E-state index contributed by atoms with van der Waals surface area (Å²) in [6, 6.07) is 17.7. The van der Waals surface area contributed by atoms with Gasteiger partial charge in [0, 0.05) is 26.1 Å². The van der Waals surface area contributed by atoms with Gasteiger partial charge in [0.15, 0.2) is 0 Å². The van der Waals surface area contributed by atoms with Crippen molar-refractivity contribution in [2.24, 2.45) is 0 Å². The second kappa shape index (κ2) is 9.36. The van der Waals surface area contributed by atoms with Crippen LogP contribution >= 0.6 is 11.3 Å². The fraction of sp³-hybridized carbons (Fsp3) is 0.348. The zero-order valence-electron chi connectivity index (χ0n) is 16.7. The van der Waals surface area contributed by atoms with Gasteiger partial charge in [-0.2, -0.15) is 0 Å². The lowest BCUT2D eigenvalue weighted by Gasteiger charge is -2.22. The molecule has 1 aliphatic heterocycles. The van der Waals surface area contributed by atoms with Crippen LogP contribution in [0, 0.1) is 0 Å². The number of aliphatic hydroxyl groups excluding tert-OH is 1. The Labute approximate surface area is 179 Å². The third kappa shape index (κ3) is 5.04. The van der Waals surface area contributed by atoms with E-state index in [9.17, 15) is 14.7 Å². The van der Waals surface area contributed by atoms with Crippen LogP contribution in [0.5, 0.6) is 0 Å². The van der Waals surface area contributed by atoms with Gasteiger partial charge in [-0.15, -0.1) is 11.3 Å². The Bertz CT molecular complexity index is 988. The molecule has 1 fully saturated rings. The van der Waals surface area contributed by atoms with Crippen LogP contribution in [-0.4, -0.2) is 57.4 Å². The van der Waals surface area contributed by atoms with Crippen LogP contribution in [0.3, 0.4) is 0 Å². The van der Waals surface area contributed by atoms with E-state index >= 15 is 0 Å². The highest BCUT2D eigenvalue weighted by Crippen LogP contribution is 2.23. The number of β-amino-alcohol motifs (C(OH)–C–C–N with tert-alkyl or cyclic N) is 1. The van der Waals surface area contributed by atoms with Gasteiger partial charge in [-0.25, -0.2) is 4.98 Å². The number of para-hydroxylation sites is 1. The first-order valence-electron chi connectivity index (χ1n) is 10.2. The number of benzene rings is 2. The Morgan fingerprint density at radius 2 is 1.87 bits per heavy atom. The first-order chi connectivity index (χ1) is 14.6. The Balaban J connectivity index is 1.31. The number of hydrogen-bond donors (Lipinski definition) is 1. The Morgan fingerprint density at radius 1 is 1.10 bits per heavy atom. The SMILES string of the molecule is O=C(CCCc1nc2ccccc2s1)N1CC(=O)N(Cc2ccccc2)CC(O)C1. The van der Waals surface area contributed by atoms with E-state index in [-0.39, 0.29) is 31.4 Å². The molecule has 1 atom stereocenters. The largest absolute Gasteiger partial charge is 0.389 e. The van der Waals surface area contributed by atoms with E-state index in [1.165, 1.54) is 4.90 Å². The molecule has 2 amide bonds. The topological polar surface area (TPSA) is 73.7 Å². The van der Waals surface area contributed by atoms with Crippen LogP contribution < -0.4 is 0 Å². The number of nitrogens with zero attached hydrogens (tertiary/aromatic N) is 3. The lowest BCUT2D eigenvalue weighted by Crippen LogP contribution is -2.39. The molecule has 30 heavy (non-hydrogen) atoms. The van der Waals surface area contributed by atoms with E-state index in [0.717, 1.165) is 27.2 Å². The third-order valence-electron chi connectivity index (χ3n) is 5.23. The number of aryl methyl sites for hydroxylation is 1. The number of fused-ring (bicyclic) bond motifs is 1. The van der Waals surface area contributed by atoms with Crippen LogP contribution in [0.1, 0.15) is 23.4 Å². The summed E-state index contributed by atoms with van der Waals surface area (Å²) in [5.74, 6) is -0.222. The van der Waals surface area contributed by atoms with Crippen LogP contribution in [0.15, 0.2) is 54.6 Å². The number of aliphatic hydroxyl groups is 1. The van der Waals surface area contributed by atoms with E-state index < -0.39 is 6.10 Å². The summed E-state index contributed by atoms with van der Waals surface area (Å²) in [4.78, 5) is 33.1. The second-order valence-electron chi connectivity index (χ2n) is 7.62. The number of carbonyl (C=O) groups is 2. The second-order valence-corrected chi connectivity index (χ2v) is 8.73. The molecule has 2 aromatic carbocycles. The van der Waals surface area contributed by atoms with Gasteiger partial charge in [-0.3, -0.25) is 9.59 Å². The van der Waals surface area contributed by atoms with Crippen LogP contribution in [0.25, 0.3) is 10.2 Å². The van der Waals surface area contributed by atoms with Crippen molar-refractivity contribution in [2.45, 2.75) is 31.9 Å². The standard InChI is InChI=1S/C23H25N3O3S/c27-18-14-25(13-17-7-2-1-3-8-17)23(29)16-26(15-18)22(28)12-6-11-21-24-19-9-4-5-10-20(19)30-21/h1-5,7-10,18,27H,6,11-16H2. The van der Waals surface area contributed by atoms with Gasteiger partial charge in [-0.1, -0.05) is 42.5 Å². The summed E-state index contributed by atoms with van der Waals surface area (Å²) in [6.45, 7) is 0.889. The maximum atomic E-state index is 12.7. The number of amides is 2. The molecule has 1 saturated heterocycles. The van der Waals surface area contributed by atoms with E-state index in [1.807, 2.05) is 54.6 Å². The lowest BCUT2D eigenvalue weighted by molar-refractivity contribution is -0.139. The average molecular weight is 424 g/mol. The first kappa shape index (κ1) is 20.5. The van der Waals surface area contributed by atoms with Crippen molar-refractivity contribution in [1.29, 1.82) is 0 Å². The van der Waals surface area contributed by atoms with E-state index in [2.05, 4.69) is 4.98 Å². The summed E-state index contributed by atoms with van der Waals surface area (Å²) in [5, 5.41) is 11.4. The van der Waals surface area contributed by atoms with Crippen LogP contribution in [0.4, 0.5) is 0 Å². The van der Waals surface area contributed by atoms with Crippen molar-refractivity contribution in [3.63, 3.8) is 0 Å². The van der Waals surface area contributed by atoms with Crippen molar-refractivity contribution < 1.29 is 14.7 Å². The van der Waals surface area contributed by atoms with Gasteiger partial charge in [0.05, 0.1) is 27.9 Å². The molecule has 1 aromatic heterocycles. The minimum Gasteiger partial charge on any atom is -0.389 e. The Kier molecular flexibility index (Phi) is 6.40. The Hall–Kier alpha value is -2.77. The first-order valence-corrected chi connectivity index (χ1v) is 11.0. The van der Waals surface area contributed by atoms with Gasteiger partial charge >= 0.3 is 0 Å². The molecule has 1 aliphatic rings. The highest BCUT2D eigenvalue weighted by atomic mass is 32.1. The van der Waals surface area contributed by atoms with Crippen molar-refractivity contribution in [3.8, 4) is 0 Å². The molecule has 0 aliphatic carbocycles. The van der Waals surface area contributed by atoms with Crippen LogP contribution in [-0.2, 0) is 22.6 Å². The molecule has 4 rings (SSSR count). The van der Waals surface area contributed by atoms with Crippen LogP contribution in [0.2, 0.25) is 0 Å². The summed E-state index contributed by atoms with van der Waals surface area (Å²) in [7, 11) is 0. The smallest absolute Gasteiger partial charge is 0.242 e. The predicted octanol–water partition coefficient (Wildman–Crippen LogP) is 2.85. The number of thiazole rings is 1. The molecule has 6 nitrogen and oxygen atoms in total. The maximum Gasteiger partial charge on any atom is 0.242 e. The number of carbonyl (C=O) groups excluding carboxylic acids is 2. The number of rotatable bonds is 6. The minimum atomic E-state index is -0.742. The van der Waals surface area contributed by atoms with Crippen molar-refractivity contribution in [2.75, 3.05) is 19.6 Å². The zero-order chi connectivity index (χ0) is 20.9. The number of aromatic nitrogens is 1. The highest BCUT2D eigenvalue weighted by Gasteiger charge is 2.29. The third-order valence-corrected chi connectivity index (χ3v) is 6.33. The maximum absolute atomic E-state index is 12.7. The number of hydrogen-bond acceptors (Lipinski definition) is 5. The average Bonchev–Trinajstić information content (AvgIpc) is 3.10. The van der Waals surface area contributed by atoms with E-state index in [1.54, 1.807) is 16.2 Å². The molecule has 2 heterocycles. The van der Waals surface area contributed by atoms with Gasteiger partial charge < -0.3 is 14.9 Å². The Morgan fingerprint density at radius 3 is 2.67 bits per heavy atom. The highest BCUT2D eigenvalue weighted by molar-refractivity contribution is 7.18. The zero-order valence-corrected chi connectivity index (χ0v) is 17.6.